The molecule has 31 heavy (non-hydrogen) atoms. The predicted octanol–water partition coefficient (Wildman–Crippen LogP) is 2.45. The van der Waals surface area contributed by atoms with E-state index in [4.69, 9.17) is 4.74 Å². The number of pyridine rings is 1. The van der Waals surface area contributed by atoms with Crippen LogP contribution in [0.2, 0.25) is 0 Å². The van der Waals surface area contributed by atoms with Gasteiger partial charge in [0.25, 0.3) is 5.56 Å². The van der Waals surface area contributed by atoms with E-state index in [0.717, 1.165) is 10.9 Å². The SMILES string of the molecule is COc1ccc(-c2cc(=O)n(CCNS(=O)(=O)c3cccc4cccnc34)cn2)cc1. The Bertz CT molecular complexity index is 1380. The van der Waals surface area contributed by atoms with Crippen LogP contribution in [0.15, 0.2) is 82.9 Å². The summed E-state index contributed by atoms with van der Waals surface area (Å²) in [5.74, 6) is 0.714. The number of sulfonamides is 1. The van der Waals surface area contributed by atoms with Crippen LogP contribution in [0, 0.1) is 0 Å². The fraction of sp³-hybridized carbons (Fsp3) is 0.136. The van der Waals surface area contributed by atoms with Gasteiger partial charge in [-0.15, -0.1) is 0 Å². The first-order valence-electron chi connectivity index (χ1n) is 9.52. The number of ether oxygens (including phenoxy) is 1. The van der Waals surface area contributed by atoms with Crippen LogP contribution >= 0.6 is 0 Å². The Labute approximate surface area is 179 Å². The maximum absolute atomic E-state index is 12.7. The molecule has 9 heteroatoms. The smallest absolute Gasteiger partial charge is 0.253 e. The van der Waals surface area contributed by atoms with Crippen molar-refractivity contribution >= 4 is 20.9 Å². The molecule has 0 aliphatic heterocycles. The molecule has 2 heterocycles. The van der Waals surface area contributed by atoms with Gasteiger partial charge in [0.05, 0.1) is 24.6 Å². The van der Waals surface area contributed by atoms with Gasteiger partial charge in [0, 0.05) is 36.3 Å². The Balaban J connectivity index is 1.47. The van der Waals surface area contributed by atoms with Crippen molar-refractivity contribution in [2.24, 2.45) is 0 Å². The third-order valence-corrected chi connectivity index (χ3v) is 6.29. The summed E-state index contributed by atoms with van der Waals surface area (Å²) in [5.41, 5.74) is 1.45. The van der Waals surface area contributed by atoms with Crippen molar-refractivity contribution in [2.75, 3.05) is 13.7 Å². The number of hydrogen-bond acceptors (Lipinski definition) is 6. The molecule has 8 nitrogen and oxygen atoms in total. The summed E-state index contributed by atoms with van der Waals surface area (Å²) in [5, 5.41) is 0.736. The molecule has 0 fully saturated rings. The van der Waals surface area contributed by atoms with E-state index in [-0.39, 0.29) is 23.5 Å². The van der Waals surface area contributed by atoms with Crippen LogP contribution < -0.4 is 15.0 Å². The number of hydrogen-bond donors (Lipinski definition) is 1. The highest BCUT2D eigenvalue weighted by Gasteiger charge is 2.17. The minimum atomic E-state index is -3.79. The standard InChI is InChI=1S/C22H20N4O4S/c1-30-18-9-7-16(8-10-18)19-14-21(27)26(15-24-19)13-12-25-31(28,29)20-6-2-4-17-5-3-11-23-22(17)20/h2-11,14-15,25H,12-13H2,1H3. The number of aromatic nitrogens is 3. The molecule has 1 N–H and O–H groups in total. The molecule has 158 valence electrons. The lowest BCUT2D eigenvalue weighted by Crippen LogP contribution is -2.31. The maximum atomic E-state index is 12.7. The Morgan fingerprint density at radius 1 is 1.03 bits per heavy atom. The fourth-order valence-electron chi connectivity index (χ4n) is 3.18. The Hall–Kier alpha value is -3.56. The fourth-order valence-corrected chi connectivity index (χ4v) is 4.38. The molecule has 4 aromatic rings. The second kappa shape index (κ2) is 8.66. The van der Waals surface area contributed by atoms with Crippen molar-refractivity contribution in [2.45, 2.75) is 11.4 Å². The molecule has 0 radical (unpaired) electrons. The Morgan fingerprint density at radius 3 is 2.55 bits per heavy atom. The lowest BCUT2D eigenvalue weighted by molar-refractivity contribution is 0.415. The highest BCUT2D eigenvalue weighted by molar-refractivity contribution is 7.89. The Kier molecular flexibility index (Phi) is 5.79. The first kappa shape index (κ1) is 20.7. The molecule has 0 saturated heterocycles. The Morgan fingerprint density at radius 2 is 1.81 bits per heavy atom. The molecule has 0 bridgehead atoms. The number of rotatable bonds is 7. The molecule has 2 aromatic carbocycles. The van der Waals surface area contributed by atoms with Crippen LogP contribution in [0.4, 0.5) is 0 Å². The summed E-state index contributed by atoms with van der Waals surface area (Å²) in [6.45, 7) is 0.182. The second-order valence-electron chi connectivity index (χ2n) is 6.76. The zero-order chi connectivity index (χ0) is 21.8. The van der Waals surface area contributed by atoms with Crippen molar-refractivity contribution in [3.63, 3.8) is 0 Å². The van der Waals surface area contributed by atoms with E-state index in [9.17, 15) is 13.2 Å². The van der Waals surface area contributed by atoms with Gasteiger partial charge in [-0.2, -0.15) is 0 Å². The van der Waals surface area contributed by atoms with Gasteiger partial charge in [-0.1, -0.05) is 18.2 Å². The van der Waals surface area contributed by atoms with Crippen LogP contribution in [0.5, 0.6) is 5.75 Å². The lowest BCUT2D eigenvalue weighted by atomic mass is 10.1. The minimum absolute atomic E-state index is 0.0367. The number of nitrogens with one attached hydrogen (secondary N) is 1. The molecular formula is C22H20N4O4S. The third-order valence-electron chi connectivity index (χ3n) is 4.80. The van der Waals surface area contributed by atoms with Crippen molar-refractivity contribution < 1.29 is 13.2 Å². The average molecular weight is 436 g/mol. The van der Waals surface area contributed by atoms with Gasteiger partial charge in [0.15, 0.2) is 0 Å². The van der Waals surface area contributed by atoms with Gasteiger partial charge in [-0.25, -0.2) is 18.1 Å². The maximum Gasteiger partial charge on any atom is 0.253 e. The van der Waals surface area contributed by atoms with E-state index in [1.165, 1.54) is 23.0 Å². The molecule has 0 spiro atoms. The van der Waals surface area contributed by atoms with Gasteiger partial charge in [0.1, 0.15) is 10.6 Å². The molecule has 0 unspecified atom stereocenters. The number of fused-ring (bicyclic) bond motifs is 1. The van der Waals surface area contributed by atoms with E-state index in [1.54, 1.807) is 49.7 Å². The zero-order valence-electron chi connectivity index (χ0n) is 16.7. The predicted molar refractivity (Wildman–Crippen MR) is 117 cm³/mol. The lowest BCUT2D eigenvalue weighted by Gasteiger charge is -2.10. The molecule has 2 aromatic heterocycles. The second-order valence-corrected chi connectivity index (χ2v) is 8.50. The van der Waals surface area contributed by atoms with Crippen molar-refractivity contribution in [3.05, 3.63) is 83.5 Å². The molecule has 0 saturated carbocycles. The quantitative estimate of drug-likeness (QED) is 0.477. The molecule has 0 amide bonds. The zero-order valence-corrected chi connectivity index (χ0v) is 17.5. The summed E-state index contributed by atoms with van der Waals surface area (Å²) >= 11 is 0. The summed E-state index contributed by atoms with van der Waals surface area (Å²) in [6, 6.07) is 17.2. The number of nitrogens with zero attached hydrogens (tertiary/aromatic N) is 3. The van der Waals surface area contributed by atoms with Gasteiger partial charge < -0.3 is 4.74 Å². The molecule has 0 atom stereocenters. The summed E-state index contributed by atoms with van der Waals surface area (Å²) in [6.07, 6.45) is 2.96. The molecule has 0 aliphatic carbocycles. The summed E-state index contributed by atoms with van der Waals surface area (Å²) < 4.78 is 34.5. The highest BCUT2D eigenvalue weighted by Crippen LogP contribution is 2.21. The van der Waals surface area contributed by atoms with Gasteiger partial charge in [0.2, 0.25) is 10.0 Å². The summed E-state index contributed by atoms with van der Waals surface area (Å²) in [7, 11) is -2.21. The molecular weight excluding hydrogens is 416 g/mol. The normalized spacial score (nSPS) is 11.5. The van der Waals surface area contributed by atoms with Crippen LogP contribution in [-0.4, -0.2) is 36.6 Å². The van der Waals surface area contributed by atoms with Crippen LogP contribution in [0.25, 0.3) is 22.2 Å². The van der Waals surface area contributed by atoms with E-state index in [2.05, 4.69) is 14.7 Å². The van der Waals surface area contributed by atoms with E-state index in [1.807, 2.05) is 12.1 Å². The minimum Gasteiger partial charge on any atom is -0.497 e. The van der Waals surface area contributed by atoms with Gasteiger partial charge in [-0.3, -0.25) is 14.3 Å². The van der Waals surface area contributed by atoms with Crippen molar-refractivity contribution in [1.29, 1.82) is 0 Å². The largest absolute Gasteiger partial charge is 0.497 e. The van der Waals surface area contributed by atoms with Crippen molar-refractivity contribution in [1.82, 2.24) is 19.3 Å². The van der Waals surface area contributed by atoms with Gasteiger partial charge >= 0.3 is 0 Å². The van der Waals surface area contributed by atoms with Gasteiger partial charge in [-0.05, 0) is 36.4 Å². The first-order chi connectivity index (χ1) is 15.0. The van der Waals surface area contributed by atoms with Crippen LogP contribution in [0.1, 0.15) is 0 Å². The molecule has 0 aliphatic rings. The molecule has 4 rings (SSSR count). The third kappa shape index (κ3) is 4.47. The highest BCUT2D eigenvalue weighted by atomic mass is 32.2. The average Bonchev–Trinajstić information content (AvgIpc) is 2.79. The monoisotopic (exact) mass is 436 g/mol. The van der Waals surface area contributed by atoms with E-state index < -0.39 is 10.0 Å². The summed E-state index contributed by atoms with van der Waals surface area (Å²) in [4.78, 5) is 21.0. The van der Waals surface area contributed by atoms with Crippen molar-refractivity contribution in [3.8, 4) is 17.0 Å². The van der Waals surface area contributed by atoms with Crippen LogP contribution in [0.3, 0.4) is 0 Å². The topological polar surface area (TPSA) is 103 Å². The van der Waals surface area contributed by atoms with E-state index >= 15 is 0 Å². The number of benzene rings is 2. The van der Waals surface area contributed by atoms with Crippen LogP contribution in [-0.2, 0) is 16.6 Å². The van der Waals surface area contributed by atoms with E-state index in [0.29, 0.717) is 17.0 Å². The number of para-hydroxylation sites is 1. The first-order valence-corrected chi connectivity index (χ1v) is 11.0. The number of methoxy groups -OCH3 is 1.